The second-order valence-electron chi connectivity index (χ2n) is 8.71. The third kappa shape index (κ3) is 3.98. The average molecular weight is 486 g/mol. The van der Waals surface area contributed by atoms with Crippen molar-refractivity contribution >= 4 is 50.6 Å². The van der Waals surface area contributed by atoms with E-state index in [0.717, 1.165) is 30.6 Å². The number of amides is 3. The highest BCUT2D eigenvalue weighted by Gasteiger charge is 2.33. The number of benzene rings is 2. The number of para-hydroxylation sites is 1. The van der Waals surface area contributed by atoms with Gasteiger partial charge in [0, 0.05) is 18.8 Å². The van der Waals surface area contributed by atoms with Gasteiger partial charge < -0.3 is 20.3 Å². The first-order valence-corrected chi connectivity index (χ1v) is 12.2. The minimum atomic E-state index is -0.324. The van der Waals surface area contributed by atoms with Gasteiger partial charge >= 0.3 is 6.03 Å². The van der Waals surface area contributed by atoms with Crippen LogP contribution in [0.25, 0.3) is 10.2 Å². The summed E-state index contributed by atoms with van der Waals surface area (Å²) in [6.45, 7) is 1.77. The lowest BCUT2D eigenvalue weighted by Gasteiger charge is -2.28. The molecule has 0 unspecified atom stereocenters. The minimum Gasteiger partial charge on any atom is -0.457 e. The van der Waals surface area contributed by atoms with Crippen LogP contribution < -0.4 is 20.3 Å². The van der Waals surface area contributed by atoms with Crippen molar-refractivity contribution in [2.75, 3.05) is 30.4 Å². The minimum absolute atomic E-state index is 0.102. The van der Waals surface area contributed by atoms with Crippen LogP contribution in [0.5, 0.6) is 11.5 Å². The van der Waals surface area contributed by atoms with Gasteiger partial charge in [-0.1, -0.05) is 18.2 Å². The number of pyridine rings is 1. The number of likely N-dealkylation sites (tertiary alicyclic amines) is 1. The van der Waals surface area contributed by atoms with Gasteiger partial charge in [-0.05, 0) is 62.5 Å². The van der Waals surface area contributed by atoms with Gasteiger partial charge in [-0.25, -0.2) is 9.78 Å². The number of likely N-dealkylation sites (N-methyl/N-ethyl adjacent to an activating group) is 1. The van der Waals surface area contributed by atoms with Crippen LogP contribution in [0, 0.1) is 0 Å². The predicted octanol–water partition coefficient (Wildman–Crippen LogP) is 5.21. The highest BCUT2D eigenvalue weighted by Crippen LogP contribution is 2.45. The number of aromatic nitrogens is 1. The molecule has 2 N–H and O–H groups in total. The quantitative estimate of drug-likeness (QED) is 0.405. The Morgan fingerprint density at radius 3 is 2.63 bits per heavy atom. The molecule has 2 aromatic heterocycles. The molecule has 2 aromatic carbocycles. The number of hydrogen-bond acceptors (Lipinski definition) is 6. The molecule has 9 heteroatoms. The first-order chi connectivity index (χ1) is 17.1. The number of urea groups is 1. The van der Waals surface area contributed by atoms with Gasteiger partial charge in [0.1, 0.15) is 21.2 Å². The normalized spacial score (nSPS) is 17.5. The molecule has 0 spiro atoms. The third-order valence-corrected chi connectivity index (χ3v) is 7.35. The van der Waals surface area contributed by atoms with Crippen LogP contribution in [0.3, 0.4) is 0 Å². The molecular formula is C26H23N5O3S. The van der Waals surface area contributed by atoms with Gasteiger partial charge in [0.15, 0.2) is 0 Å². The monoisotopic (exact) mass is 485 g/mol. The highest BCUT2D eigenvalue weighted by atomic mass is 32.1. The van der Waals surface area contributed by atoms with Crippen molar-refractivity contribution in [3.63, 3.8) is 0 Å². The fourth-order valence-corrected chi connectivity index (χ4v) is 5.61. The first kappa shape index (κ1) is 21.6. The molecule has 2 aliphatic rings. The smallest absolute Gasteiger partial charge is 0.331 e. The van der Waals surface area contributed by atoms with Gasteiger partial charge in [0.2, 0.25) is 0 Å². The van der Waals surface area contributed by atoms with Crippen molar-refractivity contribution in [2.24, 2.45) is 0 Å². The van der Waals surface area contributed by atoms with Crippen LogP contribution in [-0.2, 0) is 0 Å². The van der Waals surface area contributed by atoms with Crippen LogP contribution in [0.2, 0.25) is 0 Å². The number of nitrogens with one attached hydrogen (secondary N) is 2. The molecular weight excluding hydrogens is 462 g/mol. The van der Waals surface area contributed by atoms with E-state index in [1.807, 2.05) is 61.6 Å². The topological polar surface area (TPSA) is 86.8 Å². The molecule has 0 saturated carbocycles. The summed E-state index contributed by atoms with van der Waals surface area (Å²) in [5.74, 6) is 1.24. The number of ether oxygens (including phenoxy) is 1. The molecule has 0 bridgehead atoms. The van der Waals surface area contributed by atoms with E-state index in [1.165, 1.54) is 11.3 Å². The molecule has 8 nitrogen and oxygen atoms in total. The van der Waals surface area contributed by atoms with E-state index in [9.17, 15) is 9.59 Å². The SMILES string of the molecule is CN1CC[C@@H](NC(=O)c2sc3nccc4c3c2NC(=O)N4c2ccc(Oc3ccccc3)cc2)C1. The van der Waals surface area contributed by atoms with Crippen molar-refractivity contribution in [1.29, 1.82) is 0 Å². The van der Waals surface area contributed by atoms with E-state index >= 15 is 0 Å². The molecule has 0 aliphatic carbocycles. The van der Waals surface area contributed by atoms with Gasteiger partial charge in [-0.2, -0.15) is 0 Å². The summed E-state index contributed by atoms with van der Waals surface area (Å²) in [5.41, 5.74) is 1.91. The fourth-order valence-electron chi connectivity index (χ4n) is 4.59. The summed E-state index contributed by atoms with van der Waals surface area (Å²) in [7, 11) is 2.04. The summed E-state index contributed by atoms with van der Waals surface area (Å²) >= 11 is 1.30. The predicted molar refractivity (Wildman–Crippen MR) is 137 cm³/mol. The lowest BCUT2D eigenvalue weighted by atomic mass is 10.1. The largest absolute Gasteiger partial charge is 0.457 e. The molecule has 4 aromatic rings. The van der Waals surface area contributed by atoms with E-state index in [-0.39, 0.29) is 18.0 Å². The van der Waals surface area contributed by atoms with E-state index in [1.54, 1.807) is 17.2 Å². The molecule has 3 amide bonds. The Hall–Kier alpha value is -3.95. The lowest BCUT2D eigenvalue weighted by Crippen LogP contribution is -2.37. The molecule has 0 radical (unpaired) electrons. The van der Waals surface area contributed by atoms with Crippen molar-refractivity contribution in [1.82, 2.24) is 15.2 Å². The second kappa shape index (κ2) is 8.68. The molecule has 1 saturated heterocycles. The molecule has 2 aliphatic heterocycles. The fraction of sp³-hybridized carbons (Fsp3) is 0.192. The van der Waals surface area contributed by atoms with Crippen LogP contribution in [-0.4, -0.2) is 48.0 Å². The zero-order chi connectivity index (χ0) is 23.9. The van der Waals surface area contributed by atoms with Crippen LogP contribution in [0.1, 0.15) is 16.1 Å². The van der Waals surface area contributed by atoms with Crippen molar-refractivity contribution < 1.29 is 14.3 Å². The number of rotatable bonds is 5. The molecule has 176 valence electrons. The van der Waals surface area contributed by atoms with Gasteiger partial charge in [-0.15, -0.1) is 11.3 Å². The number of hydrogen-bond donors (Lipinski definition) is 2. The number of thiophene rings is 1. The van der Waals surface area contributed by atoms with Crippen molar-refractivity contribution in [2.45, 2.75) is 12.5 Å². The summed E-state index contributed by atoms with van der Waals surface area (Å²) in [6.07, 6.45) is 2.58. The molecule has 1 atom stereocenters. The Balaban J connectivity index is 1.31. The molecule has 4 heterocycles. The van der Waals surface area contributed by atoms with Crippen LogP contribution in [0.15, 0.2) is 66.9 Å². The lowest BCUT2D eigenvalue weighted by molar-refractivity contribution is 0.0943. The average Bonchev–Trinajstić information content (AvgIpc) is 3.44. The first-order valence-electron chi connectivity index (χ1n) is 11.4. The van der Waals surface area contributed by atoms with E-state index in [4.69, 9.17) is 4.74 Å². The third-order valence-electron chi connectivity index (χ3n) is 6.25. The maximum absolute atomic E-state index is 13.3. The Morgan fingerprint density at radius 2 is 1.89 bits per heavy atom. The molecule has 1 fully saturated rings. The number of carbonyl (C=O) groups is 2. The summed E-state index contributed by atoms with van der Waals surface area (Å²) in [6, 6.07) is 18.4. The van der Waals surface area contributed by atoms with E-state index < -0.39 is 0 Å². The van der Waals surface area contributed by atoms with Crippen LogP contribution >= 0.6 is 11.3 Å². The van der Waals surface area contributed by atoms with Crippen LogP contribution in [0.4, 0.5) is 21.9 Å². The zero-order valence-electron chi connectivity index (χ0n) is 19.0. The maximum Gasteiger partial charge on any atom is 0.331 e. The number of nitrogens with zero attached hydrogens (tertiary/aromatic N) is 3. The Kier molecular flexibility index (Phi) is 5.35. The molecule has 6 rings (SSSR count). The highest BCUT2D eigenvalue weighted by molar-refractivity contribution is 7.21. The Labute approximate surface area is 206 Å². The number of anilines is 3. The zero-order valence-corrected chi connectivity index (χ0v) is 19.8. The van der Waals surface area contributed by atoms with Gasteiger partial charge in [0.25, 0.3) is 5.91 Å². The molecule has 35 heavy (non-hydrogen) atoms. The van der Waals surface area contributed by atoms with Gasteiger partial charge in [-0.3, -0.25) is 9.69 Å². The maximum atomic E-state index is 13.3. The Bertz CT molecular complexity index is 1420. The summed E-state index contributed by atoms with van der Waals surface area (Å²) < 4.78 is 5.88. The van der Waals surface area contributed by atoms with Crippen molar-refractivity contribution in [3.8, 4) is 11.5 Å². The Morgan fingerprint density at radius 1 is 1.11 bits per heavy atom. The van der Waals surface area contributed by atoms with E-state index in [0.29, 0.717) is 32.5 Å². The number of carbonyl (C=O) groups excluding carboxylic acids is 2. The summed E-state index contributed by atoms with van der Waals surface area (Å²) in [4.78, 5) is 35.8. The van der Waals surface area contributed by atoms with E-state index in [2.05, 4.69) is 20.5 Å². The standard InChI is InChI=1S/C26H23N5O3S/c1-30-14-12-16(15-30)28-24(32)23-22-21-20(11-13-27-25(21)35-23)31(26(33)29-22)17-7-9-19(10-8-17)34-18-5-3-2-4-6-18/h2-11,13,16H,12,14-15H2,1H3,(H,28,32)(H,29,33)/t16-/m1/s1. The second-order valence-corrected chi connectivity index (χ2v) is 9.71. The summed E-state index contributed by atoms with van der Waals surface area (Å²) in [5, 5.41) is 6.83. The van der Waals surface area contributed by atoms with Gasteiger partial charge in [0.05, 0.1) is 22.4 Å². The van der Waals surface area contributed by atoms with Crippen molar-refractivity contribution in [3.05, 3.63) is 71.7 Å².